The van der Waals surface area contributed by atoms with Crippen LogP contribution in [-0.4, -0.2) is 5.91 Å². The molecular formula is C25H23BrFNO. The Morgan fingerprint density at radius 3 is 2.21 bits per heavy atom. The number of hydrogen-bond donors (Lipinski definition) is 1. The van der Waals surface area contributed by atoms with Crippen LogP contribution in [0.2, 0.25) is 0 Å². The van der Waals surface area contributed by atoms with Crippen LogP contribution in [0.3, 0.4) is 0 Å². The molecule has 2 nitrogen and oxygen atoms in total. The second-order valence-electron chi connectivity index (χ2n) is 9.10. The Bertz CT molecular complexity index is 982. The molecule has 4 aliphatic rings. The van der Waals surface area contributed by atoms with Crippen LogP contribution in [0, 0.1) is 40.8 Å². The molecule has 2 aromatic carbocycles. The molecule has 0 aliphatic heterocycles. The third-order valence-corrected chi connectivity index (χ3v) is 7.32. The Hall–Kier alpha value is -2.12. The molecule has 0 aromatic heterocycles. The third kappa shape index (κ3) is 3.85. The van der Waals surface area contributed by atoms with Gasteiger partial charge in [-0.25, -0.2) is 4.39 Å². The highest BCUT2D eigenvalue weighted by Gasteiger charge is 2.50. The van der Waals surface area contributed by atoms with Gasteiger partial charge in [0.15, 0.2) is 0 Å². The minimum Gasteiger partial charge on any atom is -0.322 e. The number of benzene rings is 2. The highest BCUT2D eigenvalue weighted by atomic mass is 79.9. The fourth-order valence-electron chi connectivity index (χ4n) is 5.98. The van der Waals surface area contributed by atoms with Gasteiger partial charge < -0.3 is 5.32 Å². The first kappa shape index (κ1) is 18.9. The summed E-state index contributed by atoms with van der Waals surface area (Å²) in [5.74, 6) is 8.74. The lowest BCUT2D eigenvalue weighted by atomic mass is 9.50. The van der Waals surface area contributed by atoms with E-state index in [0.717, 1.165) is 23.3 Å². The predicted molar refractivity (Wildman–Crippen MR) is 116 cm³/mol. The molecule has 148 valence electrons. The minimum atomic E-state index is -0.546. The van der Waals surface area contributed by atoms with E-state index in [9.17, 15) is 9.18 Å². The van der Waals surface area contributed by atoms with Crippen LogP contribution < -0.4 is 5.32 Å². The quantitative estimate of drug-likeness (QED) is 0.525. The average molecular weight is 452 g/mol. The molecule has 4 heteroatoms. The predicted octanol–water partition coefficient (Wildman–Crippen LogP) is 6.41. The number of rotatable bonds is 2. The van der Waals surface area contributed by atoms with E-state index < -0.39 is 11.7 Å². The molecule has 0 saturated heterocycles. The van der Waals surface area contributed by atoms with Gasteiger partial charge in [-0.2, -0.15) is 0 Å². The van der Waals surface area contributed by atoms with E-state index in [2.05, 4.69) is 33.1 Å². The lowest BCUT2D eigenvalue weighted by Gasteiger charge is -2.54. The molecule has 0 spiro atoms. The number of anilines is 1. The molecule has 4 saturated carbocycles. The summed E-state index contributed by atoms with van der Waals surface area (Å²) in [6.07, 6.45) is 8.10. The van der Waals surface area contributed by atoms with Gasteiger partial charge in [0.05, 0.1) is 5.56 Å². The molecule has 6 rings (SSSR count). The zero-order valence-corrected chi connectivity index (χ0v) is 17.8. The van der Waals surface area contributed by atoms with Crippen LogP contribution in [0.25, 0.3) is 0 Å². The van der Waals surface area contributed by atoms with Gasteiger partial charge in [0, 0.05) is 21.1 Å². The Morgan fingerprint density at radius 1 is 1.00 bits per heavy atom. The minimum absolute atomic E-state index is 0.0267. The standard InChI is InChI=1S/C25H23BrFNO/c26-20-3-6-22(23(27)12-20)24(29)28-21-4-1-16(2-5-21)7-8-25-13-17-9-18(14-25)11-19(10-17)15-25/h1-6,12,17-19H,9-11,13-15H2,(H,28,29). The number of carbonyl (C=O) groups excluding carboxylic acids is 1. The summed E-state index contributed by atoms with van der Waals surface area (Å²) < 4.78 is 14.6. The lowest BCUT2D eigenvalue weighted by Crippen LogP contribution is -2.45. The van der Waals surface area contributed by atoms with Crippen molar-refractivity contribution in [3.05, 3.63) is 63.9 Å². The molecule has 0 radical (unpaired) electrons. The number of nitrogens with one attached hydrogen (secondary N) is 1. The smallest absolute Gasteiger partial charge is 0.258 e. The van der Waals surface area contributed by atoms with Gasteiger partial charge in [0.1, 0.15) is 5.82 Å². The number of carbonyl (C=O) groups is 1. The first-order chi connectivity index (χ1) is 14.0. The maximum atomic E-state index is 14.0. The van der Waals surface area contributed by atoms with Crippen molar-refractivity contribution in [2.75, 3.05) is 5.32 Å². The van der Waals surface area contributed by atoms with Gasteiger partial charge in [-0.15, -0.1) is 0 Å². The first-order valence-corrected chi connectivity index (χ1v) is 11.2. The number of halogens is 2. The monoisotopic (exact) mass is 451 g/mol. The Morgan fingerprint density at radius 2 is 1.62 bits per heavy atom. The topological polar surface area (TPSA) is 29.1 Å². The maximum absolute atomic E-state index is 14.0. The van der Waals surface area contributed by atoms with Gasteiger partial charge in [-0.05, 0) is 98.7 Å². The fraction of sp³-hybridized carbons (Fsp3) is 0.400. The molecule has 0 unspecified atom stereocenters. The first-order valence-electron chi connectivity index (χ1n) is 10.4. The van der Waals surface area contributed by atoms with Crippen LogP contribution in [0.1, 0.15) is 54.4 Å². The van der Waals surface area contributed by atoms with Gasteiger partial charge in [0.2, 0.25) is 0 Å². The zero-order valence-electron chi connectivity index (χ0n) is 16.2. The van der Waals surface area contributed by atoms with Crippen LogP contribution in [0.5, 0.6) is 0 Å². The van der Waals surface area contributed by atoms with Gasteiger partial charge >= 0.3 is 0 Å². The highest BCUT2D eigenvalue weighted by molar-refractivity contribution is 9.10. The van der Waals surface area contributed by atoms with E-state index in [1.807, 2.05) is 24.3 Å². The normalized spacial score (nSPS) is 29.2. The molecular weight excluding hydrogens is 429 g/mol. The van der Waals surface area contributed by atoms with E-state index in [1.165, 1.54) is 50.7 Å². The Kier molecular flexibility index (Phi) is 4.75. The van der Waals surface area contributed by atoms with E-state index in [1.54, 1.807) is 6.07 Å². The summed E-state index contributed by atoms with van der Waals surface area (Å²) in [7, 11) is 0. The van der Waals surface area contributed by atoms with Crippen LogP contribution >= 0.6 is 15.9 Å². The molecule has 1 amide bonds. The zero-order chi connectivity index (χ0) is 20.0. The molecule has 1 N–H and O–H groups in total. The summed E-state index contributed by atoms with van der Waals surface area (Å²) in [6.45, 7) is 0. The maximum Gasteiger partial charge on any atom is 0.258 e. The summed E-state index contributed by atoms with van der Waals surface area (Å²) in [5, 5.41) is 2.75. The van der Waals surface area contributed by atoms with Gasteiger partial charge in [-0.1, -0.05) is 27.8 Å². The van der Waals surface area contributed by atoms with Crippen molar-refractivity contribution in [3.63, 3.8) is 0 Å². The van der Waals surface area contributed by atoms with E-state index in [-0.39, 0.29) is 11.0 Å². The highest BCUT2D eigenvalue weighted by Crippen LogP contribution is 2.59. The lowest BCUT2D eigenvalue weighted by molar-refractivity contribution is -0.0181. The fourth-order valence-corrected chi connectivity index (χ4v) is 6.31. The molecule has 29 heavy (non-hydrogen) atoms. The van der Waals surface area contributed by atoms with Crippen molar-refractivity contribution in [3.8, 4) is 11.8 Å². The van der Waals surface area contributed by atoms with Crippen LogP contribution in [0.15, 0.2) is 46.9 Å². The molecule has 0 heterocycles. The van der Waals surface area contributed by atoms with Crippen LogP contribution in [0.4, 0.5) is 10.1 Å². The van der Waals surface area contributed by atoms with Crippen molar-refractivity contribution >= 4 is 27.5 Å². The largest absolute Gasteiger partial charge is 0.322 e. The molecule has 4 fully saturated rings. The van der Waals surface area contributed by atoms with Crippen molar-refractivity contribution < 1.29 is 9.18 Å². The average Bonchev–Trinajstić information content (AvgIpc) is 2.66. The van der Waals surface area contributed by atoms with Crippen molar-refractivity contribution in [1.29, 1.82) is 0 Å². The molecule has 4 bridgehead atoms. The van der Waals surface area contributed by atoms with E-state index >= 15 is 0 Å². The molecule has 4 aliphatic carbocycles. The summed E-state index contributed by atoms with van der Waals surface area (Å²) in [5.41, 5.74) is 1.87. The number of amides is 1. The van der Waals surface area contributed by atoms with Gasteiger partial charge in [-0.3, -0.25) is 4.79 Å². The van der Waals surface area contributed by atoms with E-state index in [0.29, 0.717) is 10.2 Å². The third-order valence-electron chi connectivity index (χ3n) is 6.83. The summed E-state index contributed by atoms with van der Waals surface area (Å²) in [4.78, 5) is 12.3. The second-order valence-corrected chi connectivity index (χ2v) is 10.0. The Labute approximate surface area is 179 Å². The van der Waals surface area contributed by atoms with Gasteiger partial charge in [0.25, 0.3) is 5.91 Å². The van der Waals surface area contributed by atoms with Crippen molar-refractivity contribution in [2.45, 2.75) is 38.5 Å². The summed E-state index contributed by atoms with van der Waals surface area (Å²) in [6, 6.07) is 11.9. The summed E-state index contributed by atoms with van der Waals surface area (Å²) >= 11 is 3.20. The number of hydrogen-bond acceptors (Lipinski definition) is 1. The SMILES string of the molecule is O=C(Nc1ccc(C#CC23CC4CC(CC(C4)C2)C3)cc1)c1ccc(Br)cc1F. The Balaban J connectivity index is 1.28. The molecule has 2 aromatic rings. The van der Waals surface area contributed by atoms with Crippen LogP contribution in [-0.2, 0) is 0 Å². The second kappa shape index (κ2) is 7.29. The molecule has 0 atom stereocenters. The van der Waals surface area contributed by atoms with Crippen molar-refractivity contribution in [2.24, 2.45) is 23.2 Å². The van der Waals surface area contributed by atoms with E-state index in [4.69, 9.17) is 0 Å². The van der Waals surface area contributed by atoms with Crippen molar-refractivity contribution in [1.82, 2.24) is 0 Å².